The Morgan fingerprint density at radius 3 is 2.42 bits per heavy atom. The second-order valence-corrected chi connectivity index (χ2v) is 12.3. The van der Waals surface area contributed by atoms with Crippen molar-refractivity contribution in [1.82, 2.24) is 19.1 Å². The third-order valence-corrected chi connectivity index (χ3v) is 9.64. The summed E-state index contributed by atoms with van der Waals surface area (Å²) in [5, 5.41) is 13.1. The zero-order chi connectivity index (χ0) is 30.8. The first-order valence-electron chi connectivity index (χ1n) is 14.1. The van der Waals surface area contributed by atoms with E-state index in [1.165, 1.54) is 23.0 Å². The monoisotopic (exact) mass is 619 g/mol. The van der Waals surface area contributed by atoms with Gasteiger partial charge in [0.25, 0.3) is 5.91 Å². The molecule has 0 radical (unpaired) electrons. The van der Waals surface area contributed by atoms with Crippen LogP contribution in [0, 0.1) is 0 Å². The molecular formula is C28H32F3N7O4S. The Labute approximate surface area is 247 Å². The number of nitrogens with zero attached hydrogens (tertiary/aromatic N) is 6. The lowest BCUT2D eigenvalue weighted by molar-refractivity contribution is -0.274. The fourth-order valence-corrected chi connectivity index (χ4v) is 6.86. The molecular weight excluding hydrogens is 587 g/mol. The number of allylic oxidation sites excluding steroid dienone is 1. The van der Waals surface area contributed by atoms with Crippen LogP contribution in [0.3, 0.4) is 0 Å². The maximum atomic E-state index is 13.4. The lowest BCUT2D eigenvalue weighted by Gasteiger charge is -2.30. The highest BCUT2D eigenvalue weighted by Gasteiger charge is 2.41. The Kier molecular flexibility index (Phi) is 8.74. The molecule has 43 heavy (non-hydrogen) atoms. The predicted molar refractivity (Wildman–Crippen MR) is 156 cm³/mol. The Balaban J connectivity index is 0.00000180. The lowest BCUT2D eigenvalue weighted by Crippen LogP contribution is -2.39. The Bertz CT molecular complexity index is 1570. The molecule has 4 aliphatic rings. The maximum Gasteiger partial charge on any atom is 0.573 e. The molecule has 1 amide bonds. The first kappa shape index (κ1) is 30.5. The largest absolute Gasteiger partial charge is 0.573 e. The summed E-state index contributed by atoms with van der Waals surface area (Å²) in [5.41, 5.74) is 1.82. The third kappa shape index (κ3) is 6.99. The molecule has 1 aromatic carbocycles. The molecule has 2 bridgehead atoms. The summed E-state index contributed by atoms with van der Waals surface area (Å²) in [7, 11) is -3.27. The van der Waals surface area contributed by atoms with Gasteiger partial charge >= 0.3 is 6.36 Å². The molecule has 4 heterocycles. The molecule has 11 nitrogen and oxygen atoms in total. The molecule has 0 atom stereocenters. The van der Waals surface area contributed by atoms with Gasteiger partial charge < -0.3 is 10.1 Å². The van der Waals surface area contributed by atoms with Gasteiger partial charge in [-0.1, -0.05) is 13.8 Å². The number of ether oxygens (including phenoxy) is 1. The summed E-state index contributed by atoms with van der Waals surface area (Å²) in [5.74, 6) is -0.646. The smallest absolute Gasteiger partial charge is 0.406 e. The molecule has 0 unspecified atom stereocenters. The van der Waals surface area contributed by atoms with Gasteiger partial charge in [0.05, 0.1) is 40.7 Å². The van der Waals surface area contributed by atoms with Gasteiger partial charge in [0.1, 0.15) is 11.6 Å². The molecule has 15 heteroatoms. The van der Waals surface area contributed by atoms with Gasteiger partial charge in [0.2, 0.25) is 10.0 Å². The van der Waals surface area contributed by atoms with Crippen LogP contribution in [-0.4, -0.2) is 77.1 Å². The number of hydrazone groups is 1. The summed E-state index contributed by atoms with van der Waals surface area (Å²) in [4.78, 5) is 17.7. The van der Waals surface area contributed by atoms with Crippen molar-refractivity contribution in [1.29, 1.82) is 0 Å². The number of halogens is 3. The van der Waals surface area contributed by atoms with Crippen LogP contribution in [0.15, 0.2) is 64.0 Å². The van der Waals surface area contributed by atoms with Crippen molar-refractivity contribution in [2.45, 2.75) is 57.1 Å². The number of aliphatic imine (C=N–C) groups is 1. The topological polar surface area (TPSA) is 121 Å². The standard InChI is InChI=1S/C26H26F3N7O4S.C2H6/c27-26(28,29)40-19-4-2-18(3-5-19)36-24(32-25(37)21-15-31-34-11-1-10-30-23(21)16-34)14-22(33-36)17-8-12-35(13-9-17)41(38,39)20-6-7-20;1-2/h1-5,10-11,14-15,17,20H,6-9,12-13,16H2,(H,32,37);1-2H3. The van der Waals surface area contributed by atoms with Crippen LogP contribution in [0.1, 0.15) is 51.1 Å². The highest BCUT2D eigenvalue weighted by molar-refractivity contribution is 7.90. The first-order valence-corrected chi connectivity index (χ1v) is 15.6. The number of hydrogen-bond acceptors (Lipinski definition) is 8. The predicted octanol–water partition coefficient (Wildman–Crippen LogP) is 4.56. The minimum atomic E-state index is -4.83. The van der Waals surface area contributed by atoms with E-state index >= 15 is 0 Å². The quantitative estimate of drug-likeness (QED) is 0.485. The van der Waals surface area contributed by atoms with E-state index in [0.717, 1.165) is 12.1 Å². The van der Waals surface area contributed by atoms with Crippen LogP contribution in [0.2, 0.25) is 0 Å². The van der Waals surface area contributed by atoms with Crippen LogP contribution < -0.4 is 10.1 Å². The molecule has 1 saturated carbocycles. The molecule has 2 fully saturated rings. The van der Waals surface area contributed by atoms with Gasteiger partial charge in [0.15, 0.2) is 0 Å². The molecule has 3 aliphatic heterocycles. The average molecular weight is 620 g/mol. The molecule has 1 aromatic heterocycles. The van der Waals surface area contributed by atoms with Crippen molar-refractivity contribution in [3.05, 3.63) is 59.6 Å². The molecule has 2 aromatic rings. The molecule has 1 N–H and O–H groups in total. The number of fused-ring (bicyclic) bond motifs is 2. The zero-order valence-electron chi connectivity index (χ0n) is 23.7. The maximum absolute atomic E-state index is 13.4. The van der Waals surface area contributed by atoms with Crippen LogP contribution in [0.5, 0.6) is 5.75 Å². The second-order valence-electron chi connectivity index (χ2n) is 10.1. The van der Waals surface area contributed by atoms with Crippen LogP contribution >= 0.6 is 0 Å². The summed E-state index contributed by atoms with van der Waals surface area (Å²) in [6.07, 6.45) is 4.10. The van der Waals surface area contributed by atoms with E-state index in [1.54, 1.807) is 33.9 Å². The Morgan fingerprint density at radius 1 is 1.07 bits per heavy atom. The van der Waals surface area contributed by atoms with Gasteiger partial charge in [0, 0.05) is 37.5 Å². The summed E-state index contributed by atoms with van der Waals surface area (Å²) >= 11 is 0. The van der Waals surface area contributed by atoms with Gasteiger partial charge in [-0.15, -0.1) is 13.2 Å². The molecule has 1 saturated heterocycles. The van der Waals surface area contributed by atoms with Gasteiger partial charge in [-0.05, 0) is 56.0 Å². The number of sulfonamides is 1. The van der Waals surface area contributed by atoms with E-state index in [1.807, 2.05) is 13.8 Å². The van der Waals surface area contributed by atoms with Crippen LogP contribution in [0.25, 0.3) is 5.69 Å². The number of benzene rings is 1. The summed E-state index contributed by atoms with van der Waals surface area (Å²) < 4.78 is 70.3. The molecule has 6 rings (SSSR count). The minimum absolute atomic E-state index is 0.0743. The minimum Gasteiger partial charge on any atom is -0.406 e. The van der Waals surface area contributed by atoms with E-state index in [0.29, 0.717) is 68.2 Å². The van der Waals surface area contributed by atoms with Crippen LogP contribution in [0.4, 0.5) is 19.0 Å². The van der Waals surface area contributed by atoms with Crippen LogP contribution in [-0.2, 0) is 14.8 Å². The number of nitrogens with one attached hydrogen (secondary N) is 1. The average Bonchev–Trinajstić information content (AvgIpc) is 3.80. The van der Waals surface area contributed by atoms with Crippen molar-refractivity contribution in [3.63, 3.8) is 0 Å². The number of carbonyl (C=O) groups is 1. The number of hydrogen-bond donors (Lipinski definition) is 1. The highest BCUT2D eigenvalue weighted by atomic mass is 32.2. The molecule has 1 aliphatic carbocycles. The molecule has 230 valence electrons. The van der Waals surface area contributed by atoms with Crippen molar-refractivity contribution in [2.24, 2.45) is 10.1 Å². The second kappa shape index (κ2) is 12.3. The Hall–Kier alpha value is -3.98. The number of rotatable bonds is 7. The fraction of sp³-hybridized carbons (Fsp3) is 0.429. The number of alkyl halides is 3. The van der Waals surface area contributed by atoms with Crippen molar-refractivity contribution >= 4 is 34.2 Å². The van der Waals surface area contributed by atoms with Crippen molar-refractivity contribution in [2.75, 3.05) is 25.0 Å². The number of anilines is 1. The lowest BCUT2D eigenvalue weighted by atomic mass is 9.95. The number of aromatic nitrogens is 2. The van der Waals surface area contributed by atoms with Gasteiger partial charge in [-0.2, -0.15) is 10.2 Å². The summed E-state index contributed by atoms with van der Waals surface area (Å²) in [6.45, 7) is 5.06. The van der Waals surface area contributed by atoms with Gasteiger partial charge in [-0.3, -0.25) is 14.8 Å². The Morgan fingerprint density at radius 2 is 1.77 bits per heavy atom. The van der Waals surface area contributed by atoms with E-state index in [-0.39, 0.29) is 16.7 Å². The van der Waals surface area contributed by atoms with E-state index in [4.69, 9.17) is 5.10 Å². The summed E-state index contributed by atoms with van der Waals surface area (Å²) in [6, 6.07) is 6.85. The normalized spacial score (nSPS) is 19.1. The number of amides is 1. The molecule has 0 spiro atoms. The van der Waals surface area contributed by atoms with Crippen molar-refractivity contribution in [3.8, 4) is 11.4 Å². The van der Waals surface area contributed by atoms with Crippen molar-refractivity contribution < 1.29 is 31.1 Å². The third-order valence-electron chi connectivity index (χ3n) is 7.24. The van der Waals surface area contributed by atoms with E-state index in [9.17, 15) is 26.4 Å². The number of carbonyl (C=O) groups excluding carboxylic acids is 1. The van der Waals surface area contributed by atoms with E-state index < -0.39 is 28.0 Å². The van der Waals surface area contributed by atoms with Gasteiger partial charge in [-0.25, -0.2) is 17.4 Å². The SMILES string of the molecule is CC.O=C(Nc1cc(C2CCN(S(=O)(=O)C3CC3)CC2)nn1-c1ccc(OC(F)(F)F)cc1)C1=C2CN(C=CC=N2)N=C1. The number of piperidine rings is 1. The fourth-order valence-electron chi connectivity index (χ4n) is 4.99. The zero-order valence-corrected chi connectivity index (χ0v) is 24.5. The first-order chi connectivity index (χ1) is 20.6. The highest BCUT2D eigenvalue weighted by Crippen LogP contribution is 2.36. The van der Waals surface area contributed by atoms with E-state index in [2.05, 4.69) is 20.1 Å².